The Kier molecular flexibility index (Phi) is 6.60. The second kappa shape index (κ2) is 9.56. The van der Waals surface area contributed by atoms with E-state index in [0.717, 1.165) is 30.6 Å². The normalized spacial score (nSPS) is 14.6. The van der Waals surface area contributed by atoms with Crippen LogP contribution in [-0.4, -0.2) is 28.9 Å². The van der Waals surface area contributed by atoms with Gasteiger partial charge in [0.05, 0.1) is 23.9 Å². The second-order valence-electron chi connectivity index (χ2n) is 7.63. The fraction of sp³-hybridized carbons (Fsp3) is 0.333. The molecule has 2 heterocycles. The summed E-state index contributed by atoms with van der Waals surface area (Å²) in [7, 11) is 1.60. The summed E-state index contributed by atoms with van der Waals surface area (Å²) < 4.78 is 7.28. The number of H-pyrrole nitrogens is 1. The average Bonchev–Trinajstić information content (AvgIpc) is 2.80. The molecular formula is C24H27N4O3S+. The highest BCUT2D eigenvalue weighted by molar-refractivity contribution is 7.99. The van der Waals surface area contributed by atoms with Crippen LogP contribution in [0.2, 0.25) is 0 Å². The van der Waals surface area contributed by atoms with Gasteiger partial charge in [0.2, 0.25) is 11.1 Å². The number of methoxy groups -OCH3 is 1. The predicted molar refractivity (Wildman–Crippen MR) is 125 cm³/mol. The summed E-state index contributed by atoms with van der Waals surface area (Å²) in [6, 6.07) is 15.0. The second-order valence-corrected chi connectivity index (χ2v) is 8.71. The minimum atomic E-state index is -0.647. The van der Waals surface area contributed by atoms with Gasteiger partial charge in [-0.15, -0.1) is 0 Å². The molecule has 1 aliphatic heterocycles. The monoisotopic (exact) mass is 451 g/mol. The Morgan fingerprint density at radius 3 is 2.69 bits per heavy atom. The molecule has 166 valence electrons. The Labute approximate surface area is 191 Å². The van der Waals surface area contributed by atoms with E-state index in [9.17, 15) is 9.59 Å². The van der Waals surface area contributed by atoms with Gasteiger partial charge < -0.3 is 4.74 Å². The number of hydrogen-bond donors (Lipinski definition) is 1. The number of aromatic nitrogens is 3. The van der Waals surface area contributed by atoms with Gasteiger partial charge in [0.1, 0.15) is 5.75 Å². The smallest absolute Gasteiger partial charge is 0.325 e. The van der Waals surface area contributed by atoms with E-state index in [1.807, 2.05) is 48.5 Å². The molecule has 3 aromatic rings. The standard InChI is InChI=1S/C24H26N4O3S/c1-4-5-10-15-32-24-25-22(30)21-17-11-6-8-13-19(17)27(16(2)29)23(28(21)26-24)18-12-7-9-14-20(18)31-3/h6-9,11-14,23H,4-5,10,15H2,1-3H3/p+1/t23-/m1/s1. The van der Waals surface area contributed by atoms with Gasteiger partial charge in [0.25, 0.3) is 6.17 Å². The van der Waals surface area contributed by atoms with E-state index in [-0.39, 0.29) is 11.5 Å². The van der Waals surface area contributed by atoms with Crippen LogP contribution in [0.15, 0.2) is 58.5 Å². The summed E-state index contributed by atoms with van der Waals surface area (Å²) >= 11 is 1.52. The molecule has 0 bridgehead atoms. The number of nitrogens with one attached hydrogen (secondary N) is 1. The van der Waals surface area contributed by atoms with Crippen molar-refractivity contribution in [3.8, 4) is 17.0 Å². The molecule has 32 heavy (non-hydrogen) atoms. The van der Waals surface area contributed by atoms with E-state index in [2.05, 4.69) is 11.9 Å². The lowest BCUT2D eigenvalue weighted by Gasteiger charge is -2.31. The number of ether oxygens (including phenoxy) is 1. The number of rotatable bonds is 7. The van der Waals surface area contributed by atoms with Crippen LogP contribution in [0.25, 0.3) is 11.3 Å². The van der Waals surface area contributed by atoms with Crippen molar-refractivity contribution < 1.29 is 14.2 Å². The third kappa shape index (κ3) is 4.02. The lowest BCUT2D eigenvalue weighted by Crippen LogP contribution is -2.60. The van der Waals surface area contributed by atoms with Gasteiger partial charge >= 0.3 is 11.3 Å². The maximum Gasteiger partial charge on any atom is 0.325 e. The summed E-state index contributed by atoms with van der Waals surface area (Å²) in [6.45, 7) is 3.68. The average molecular weight is 452 g/mol. The van der Waals surface area contributed by atoms with Crippen molar-refractivity contribution in [1.82, 2.24) is 10.1 Å². The molecule has 0 radical (unpaired) electrons. The Bertz CT molecular complexity index is 1190. The maximum absolute atomic E-state index is 13.3. The van der Waals surface area contributed by atoms with E-state index < -0.39 is 6.17 Å². The van der Waals surface area contributed by atoms with Crippen molar-refractivity contribution in [2.24, 2.45) is 0 Å². The highest BCUT2D eigenvalue weighted by Crippen LogP contribution is 2.39. The number of carbonyl (C=O) groups is 1. The minimum Gasteiger partial charge on any atom is -0.496 e. The molecule has 0 spiro atoms. The third-order valence-electron chi connectivity index (χ3n) is 5.50. The van der Waals surface area contributed by atoms with Crippen LogP contribution in [-0.2, 0) is 4.79 Å². The van der Waals surface area contributed by atoms with Crippen molar-refractivity contribution in [2.75, 3.05) is 17.8 Å². The number of carbonyl (C=O) groups excluding carboxylic acids is 1. The first-order chi connectivity index (χ1) is 15.6. The minimum absolute atomic E-state index is 0.147. The van der Waals surface area contributed by atoms with Crippen LogP contribution in [0, 0.1) is 0 Å². The van der Waals surface area contributed by atoms with E-state index in [1.54, 1.807) is 16.7 Å². The van der Waals surface area contributed by atoms with Gasteiger partial charge in [-0.25, -0.2) is 4.90 Å². The molecule has 0 saturated carbocycles. The third-order valence-corrected chi connectivity index (χ3v) is 6.45. The van der Waals surface area contributed by atoms with Crippen LogP contribution < -0.4 is 19.9 Å². The fourth-order valence-electron chi connectivity index (χ4n) is 4.06. The summed E-state index contributed by atoms with van der Waals surface area (Å²) in [5, 5.41) is 5.35. The number of thioether (sulfide) groups is 1. The molecule has 8 heteroatoms. The first-order valence-electron chi connectivity index (χ1n) is 10.8. The number of hydrogen-bond acceptors (Lipinski definition) is 5. The zero-order chi connectivity index (χ0) is 22.7. The maximum atomic E-state index is 13.3. The van der Waals surface area contributed by atoms with E-state index >= 15 is 0 Å². The zero-order valence-corrected chi connectivity index (χ0v) is 19.3. The first kappa shape index (κ1) is 22.1. The number of nitrogens with zero attached hydrogens (tertiary/aromatic N) is 3. The van der Waals surface area contributed by atoms with E-state index in [1.165, 1.54) is 18.7 Å². The number of para-hydroxylation sites is 2. The van der Waals surface area contributed by atoms with Crippen LogP contribution in [0.5, 0.6) is 5.75 Å². The molecule has 2 aromatic carbocycles. The molecule has 1 N–H and O–H groups in total. The van der Waals surface area contributed by atoms with Gasteiger partial charge in [0, 0.05) is 17.8 Å². The summed E-state index contributed by atoms with van der Waals surface area (Å²) in [6.07, 6.45) is 2.66. The summed E-state index contributed by atoms with van der Waals surface area (Å²) in [5.41, 5.74) is 2.29. The molecule has 1 amide bonds. The van der Waals surface area contributed by atoms with Crippen molar-refractivity contribution >= 4 is 23.4 Å². The zero-order valence-electron chi connectivity index (χ0n) is 18.5. The Morgan fingerprint density at radius 2 is 1.94 bits per heavy atom. The molecule has 1 aromatic heterocycles. The van der Waals surface area contributed by atoms with Crippen molar-refractivity contribution in [3.63, 3.8) is 0 Å². The van der Waals surface area contributed by atoms with Crippen LogP contribution in [0.4, 0.5) is 5.69 Å². The first-order valence-corrected chi connectivity index (χ1v) is 11.8. The van der Waals surface area contributed by atoms with Crippen LogP contribution in [0.1, 0.15) is 44.8 Å². The van der Waals surface area contributed by atoms with Gasteiger partial charge in [-0.2, -0.15) is 0 Å². The van der Waals surface area contributed by atoms with Crippen molar-refractivity contribution in [1.29, 1.82) is 0 Å². The van der Waals surface area contributed by atoms with Crippen molar-refractivity contribution in [2.45, 2.75) is 44.4 Å². The number of aromatic amines is 1. The quantitative estimate of drug-likeness (QED) is 0.335. The predicted octanol–water partition coefficient (Wildman–Crippen LogP) is 3.93. The van der Waals surface area contributed by atoms with Gasteiger partial charge in [-0.1, -0.05) is 55.8 Å². The number of unbranched alkanes of at least 4 members (excludes halogenated alkanes) is 2. The molecule has 0 aliphatic carbocycles. The number of amides is 1. The molecule has 1 aliphatic rings. The van der Waals surface area contributed by atoms with Gasteiger partial charge in [-0.05, 0) is 35.4 Å². The Morgan fingerprint density at radius 1 is 1.19 bits per heavy atom. The lowest BCUT2D eigenvalue weighted by molar-refractivity contribution is -0.763. The highest BCUT2D eigenvalue weighted by Gasteiger charge is 2.45. The van der Waals surface area contributed by atoms with E-state index in [0.29, 0.717) is 27.9 Å². The molecule has 0 fully saturated rings. The molecular weight excluding hydrogens is 424 g/mol. The Balaban J connectivity index is 1.94. The lowest BCUT2D eigenvalue weighted by atomic mass is 10.0. The van der Waals surface area contributed by atoms with Crippen molar-refractivity contribution in [3.05, 3.63) is 64.4 Å². The molecule has 0 saturated heterocycles. The molecule has 7 nitrogen and oxygen atoms in total. The van der Waals surface area contributed by atoms with Crippen LogP contribution in [0.3, 0.4) is 0 Å². The SMILES string of the molecule is CCCCCSc1n[n+]2c(c(=O)[nH]1)-c1ccccc1N(C(C)=O)[C@H]2c1ccccc1OC. The number of fused-ring (bicyclic) bond motifs is 3. The number of benzene rings is 2. The molecule has 0 unspecified atom stereocenters. The van der Waals surface area contributed by atoms with Crippen LogP contribution >= 0.6 is 11.8 Å². The topological polar surface area (TPSA) is 79.2 Å². The van der Waals surface area contributed by atoms with Gasteiger partial charge in [-0.3, -0.25) is 14.6 Å². The molecule has 4 rings (SSSR count). The molecule has 1 atom stereocenters. The highest BCUT2D eigenvalue weighted by atomic mass is 32.2. The van der Waals surface area contributed by atoms with E-state index in [4.69, 9.17) is 9.84 Å². The van der Waals surface area contributed by atoms with Gasteiger partial charge in [0.15, 0.2) is 0 Å². The number of anilines is 1. The largest absolute Gasteiger partial charge is 0.496 e. The summed E-state index contributed by atoms with van der Waals surface area (Å²) in [4.78, 5) is 30.8. The summed E-state index contributed by atoms with van der Waals surface area (Å²) in [5.74, 6) is 1.34. The Hall–Kier alpha value is -3.13. The fourth-order valence-corrected chi connectivity index (χ4v) is 4.91.